The van der Waals surface area contributed by atoms with Crippen molar-refractivity contribution in [2.45, 2.75) is 13.5 Å². The van der Waals surface area contributed by atoms with Crippen molar-refractivity contribution >= 4 is 34.2 Å². The Balaban J connectivity index is 2.40. The van der Waals surface area contributed by atoms with E-state index in [1.165, 1.54) is 0 Å². The van der Waals surface area contributed by atoms with Crippen LogP contribution < -0.4 is 0 Å². The van der Waals surface area contributed by atoms with Gasteiger partial charge in [-0.1, -0.05) is 55.1 Å². The van der Waals surface area contributed by atoms with Gasteiger partial charge < -0.3 is 4.90 Å². The first-order chi connectivity index (χ1) is 10.6. The van der Waals surface area contributed by atoms with Crippen LogP contribution in [0.4, 0.5) is 0 Å². The zero-order valence-corrected chi connectivity index (χ0v) is 14.7. The summed E-state index contributed by atoms with van der Waals surface area (Å²) in [6, 6.07) is 18.1. The summed E-state index contributed by atoms with van der Waals surface area (Å²) in [5.74, 6) is 0.0100. The van der Waals surface area contributed by atoms with Crippen LogP contribution in [-0.4, -0.2) is 10.8 Å². The average Bonchev–Trinajstić information content (AvgIpc) is 2.51. The van der Waals surface area contributed by atoms with Gasteiger partial charge in [-0.25, -0.2) is 0 Å². The number of rotatable bonds is 5. The van der Waals surface area contributed by atoms with Crippen molar-refractivity contribution in [3.8, 4) is 0 Å². The third kappa shape index (κ3) is 4.31. The highest BCUT2D eigenvalue weighted by Gasteiger charge is 2.16. The van der Waals surface area contributed by atoms with E-state index >= 15 is 0 Å². The molecule has 0 aliphatic rings. The van der Waals surface area contributed by atoms with Gasteiger partial charge >= 0.3 is 0 Å². The fourth-order valence-electron chi connectivity index (χ4n) is 2.23. The standard InChI is InChI=1S/C19H18INO/c1-3-8-19(17-11-7-12-18(20)13-17)21(15(2)22)14-16-9-5-4-6-10-16/h3-13H,1,14H2,2H3/b19-8-. The fourth-order valence-corrected chi connectivity index (χ4v) is 2.78. The monoisotopic (exact) mass is 403 g/mol. The van der Waals surface area contributed by atoms with Gasteiger partial charge in [0, 0.05) is 10.5 Å². The molecule has 2 rings (SSSR count). The number of carbonyl (C=O) groups is 1. The third-order valence-corrected chi connectivity index (χ3v) is 3.92. The molecule has 0 unspecified atom stereocenters. The molecule has 0 saturated heterocycles. The second kappa shape index (κ2) is 7.94. The quantitative estimate of drug-likeness (QED) is 0.516. The molecular formula is C19H18INO. The first kappa shape index (κ1) is 16.5. The Labute approximate surface area is 145 Å². The van der Waals surface area contributed by atoms with E-state index in [1.54, 1.807) is 17.9 Å². The molecule has 0 bridgehead atoms. The van der Waals surface area contributed by atoms with Crippen LogP contribution in [0.25, 0.3) is 5.70 Å². The summed E-state index contributed by atoms with van der Waals surface area (Å²) in [7, 11) is 0. The van der Waals surface area contributed by atoms with Crippen LogP contribution in [0.3, 0.4) is 0 Å². The lowest BCUT2D eigenvalue weighted by molar-refractivity contribution is -0.126. The lowest BCUT2D eigenvalue weighted by atomic mass is 10.1. The highest BCUT2D eigenvalue weighted by atomic mass is 127. The van der Waals surface area contributed by atoms with Crippen molar-refractivity contribution in [1.29, 1.82) is 0 Å². The second-order valence-electron chi connectivity index (χ2n) is 4.89. The summed E-state index contributed by atoms with van der Waals surface area (Å²) in [6.07, 6.45) is 3.60. The molecule has 1 amide bonds. The molecular weight excluding hydrogens is 385 g/mol. The second-order valence-corrected chi connectivity index (χ2v) is 6.13. The van der Waals surface area contributed by atoms with Crippen LogP contribution in [0.5, 0.6) is 0 Å². The zero-order valence-electron chi connectivity index (χ0n) is 12.5. The Kier molecular flexibility index (Phi) is 5.95. The molecule has 0 atom stereocenters. The Morgan fingerprint density at radius 2 is 1.91 bits per heavy atom. The summed E-state index contributed by atoms with van der Waals surface area (Å²) in [5, 5.41) is 0. The van der Waals surface area contributed by atoms with Gasteiger partial charge in [0.15, 0.2) is 0 Å². The van der Waals surface area contributed by atoms with E-state index in [9.17, 15) is 4.79 Å². The Morgan fingerprint density at radius 1 is 1.18 bits per heavy atom. The average molecular weight is 403 g/mol. The molecule has 22 heavy (non-hydrogen) atoms. The Hall–Kier alpha value is -1.88. The molecule has 0 fully saturated rings. The molecule has 2 aromatic carbocycles. The van der Waals surface area contributed by atoms with E-state index in [0.29, 0.717) is 6.54 Å². The molecule has 0 spiro atoms. The number of benzene rings is 2. The minimum absolute atomic E-state index is 0.0100. The molecule has 0 aromatic heterocycles. The molecule has 3 heteroatoms. The highest BCUT2D eigenvalue weighted by molar-refractivity contribution is 14.1. The largest absolute Gasteiger partial charge is 0.308 e. The van der Waals surface area contributed by atoms with Crippen molar-refractivity contribution in [3.63, 3.8) is 0 Å². The maximum Gasteiger partial charge on any atom is 0.224 e. The molecule has 0 heterocycles. The lowest BCUT2D eigenvalue weighted by Crippen LogP contribution is -2.26. The maximum atomic E-state index is 12.2. The Bertz CT molecular complexity index is 692. The molecule has 0 radical (unpaired) electrons. The summed E-state index contributed by atoms with van der Waals surface area (Å²) >= 11 is 2.28. The first-order valence-electron chi connectivity index (χ1n) is 7.02. The van der Waals surface area contributed by atoms with Crippen LogP contribution in [0.1, 0.15) is 18.1 Å². The number of halogens is 1. The number of allylic oxidation sites excluding steroid dienone is 2. The van der Waals surface area contributed by atoms with E-state index in [1.807, 2.05) is 54.6 Å². The minimum atomic E-state index is 0.0100. The van der Waals surface area contributed by atoms with Crippen LogP contribution in [0.2, 0.25) is 0 Å². The molecule has 0 saturated carbocycles. The SMILES string of the molecule is C=C/C=C(/c1cccc(I)c1)N(Cc1ccccc1)C(C)=O. The predicted octanol–water partition coefficient (Wildman–Crippen LogP) is 4.87. The van der Waals surface area contributed by atoms with E-state index in [2.05, 4.69) is 35.2 Å². The van der Waals surface area contributed by atoms with Gasteiger partial charge in [0.05, 0.1) is 12.2 Å². The summed E-state index contributed by atoms with van der Waals surface area (Å²) in [6.45, 7) is 5.91. The number of hydrogen-bond acceptors (Lipinski definition) is 1. The number of hydrogen-bond donors (Lipinski definition) is 0. The Morgan fingerprint density at radius 3 is 2.50 bits per heavy atom. The molecule has 112 valence electrons. The third-order valence-electron chi connectivity index (χ3n) is 3.25. The van der Waals surface area contributed by atoms with Crippen molar-refractivity contribution in [2.24, 2.45) is 0 Å². The predicted molar refractivity (Wildman–Crippen MR) is 100.0 cm³/mol. The summed E-state index contributed by atoms with van der Waals surface area (Å²) in [5.41, 5.74) is 2.97. The minimum Gasteiger partial charge on any atom is -0.308 e. The highest BCUT2D eigenvalue weighted by Crippen LogP contribution is 2.23. The van der Waals surface area contributed by atoms with E-state index in [0.717, 1.165) is 20.4 Å². The van der Waals surface area contributed by atoms with Crippen molar-refractivity contribution in [3.05, 3.63) is 88.0 Å². The normalized spacial score (nSPS) is 11.1. The van der Waals surface area contributed by atoms with Gasteiger partial charge in [-0.3, -0.25) is 4.79 Å². The molecule has 2 aromatic rings. The van der Waals surface area contributed by atoms with Gasteiger partial charge in [-0.2, -0.15) is 0 Å². The van der Waals surface area contributed by atoms with Gasteiger partial charge in [0.25, 0.3) is 0 Å². The number of carbonyl (C=O) groups excluding carboxylic acids is 1. The van der Waals surface area contributed by atoms with Gasteiger partial charge in [0.1, 0.15) is 0 Å². The van der Waals surface area contributed by atoms with Crippen LogP contribution in [-0.2, 0) is 11.3 Å². The van der Waals surface area contributed by atoms with Crippen molar-refractivity contribution in [1.82, 2.24) is 4.90 Å². The lowest BCUT2D eigenvalue weighted by Gasteiger charge is -2.25. The first-order valence-corrected chi connectivity index (χ1v) is 8.10. The molecule has 0 aliphatic carbocycles. The van der Waals surface area contributed by atoms with Gasteiger partial charge in [-0.05, 0) is 51.9 Å². The topological polar surface area (TPSA) is 20.3 Å². The van der Waals surface area contributed by atoms with Crippen molar-refractivity contribution < 1.29 is 4.79 Å². The summed E-state index contributed by atoms with van der Waals surface area (Å²) < 4.78 is 1.13. The zero-order chi connectivity index (χ0) is 15.9. The van der Waals surface area contributed by atoms with E-state index < -0.39 is 0 Å². The van der Waals surface area contributed by atoms with Gasteiger partial charge in [0.2, 0.25) is 5.91 Å². The number of amides is 1. The molecule has 0 aliphatic heterocycles. The summed E-state index contributed by atoms with van der Waals surface area (Å²) in [4.78, 5) is 14.0. The van der Waals surface area contributed by atoms with Crippen LogP contribution in [0, 0.1) is 3.57 Å². The fraction of sp³-hybridized carbons (Fsp3) is 0.105. The molecule has 2 nitrogen and oxygen atoms in total. The number of nitrogens with zero attached hydrogens (tertiary/aromatic N) is 1. The van der Waals surface area contributed by atoms with Crippen molar-refractivity contribution in [2.75, 3.05) is 0 Å². The maximum absolute atomic E-state index is 12.2. The molecule has 0 N–H and O–H groups in total. The smallest absolute Gasteiger partial charge is 0.224 e. The van der Waals surface area contributed by atoms with E-state index in [-0.39, 0.29) is 5.91 Å². The van der Waals surface area contributed by atoms with Gasteiger partial charge in [-0.15, -0.1) is 0 Å². The van der Waals surface area contributed by atoms with Crippen LogP contribution in [0.15, 0.2) is 73.3 Å². The van der Waals surface area contributed by atoms with Crippen LogP contribution >= 0.6 is 22.6 Å². The van der Waals surface area contributed by atoms with E-state index in [4.69, 9.17) is 0 Å².